The number of carbonyl (C=O) groups is 1. The highest BCUT2D eigenvalue weighted by Gasteiger charge is 2.11. The largest absolute Gasteiger partial charge is 0.493 e. The van der Waals surface area contributed by atoms with Crippen molar-refractivity contribution in [1.82, 2.24) is 0 Å². The van der Waals surface area contributed by atoms with E-state index in [2.05, 4.69) is 6.92 Å². The number of aldehydes is 1. The van der Waals surface area contributed by atoms with Gasteiger partial charge in [0.1, 0.15) is 11.5 Å². The molecule has 0 bridgehead atoms. The van der Waals surface area contributed by atoms with Crippen LogP contribution in [0.3, 0.4) is 0 Å². The minimum atomic E-state index is 0.583. The van der Waals surface area contributed by atoms with Gasteiger partial charge in [0.05, 0.1) is 18.8 Å². The molecule has 1 aromatic carbocycles. The Balaban J connectivity index is 2.99. The molecule has 0 spiro atoms. The van der Waals surface area contributed by atoms with Gasteiger partial charge in [0.15, 0.2) is 6.29 Å². The Hall–Kier alpha value is -1.51. The van der Waals surface area contributed by atoms with Crippen molar-refractivity contribution < 1.29 is 14.3 Å². The molecule has 0 aliphatic heterocycles. The van der Waals surface area contributed by atoms with Crippen molar-refractivity contribution in [2.45, 2.75) is 33.6 Å². The van der Waals surface area contributed by atoms with Crippen molar-refractivity contribution in [3.63, 3.8) is 0 Å². The van der Waals surface area contributed by atoms with Crippen LogP contribution in [0.4, 0.5) is 0 Å². The smallest absolute Gasteiger partial charge is 0.153 e. The van der Waals surface area contributed by atoms with E-state index in [0.717, 1.165) is 30.4 Å². The minimum Gasteiger partial charge on any atom is -0.493 e. The molecule has 0 saturated heterocycles. The average Bonchev–Trinajstić information content (AvgIpc) is 2.35. The zero-order chi connectivity index (χ0) is 12.7. The third-order valence-electron chi connectivity index (χ3n) is 2.43. The zero-order valence-corrected chi connectivity index (χ0v) is 10.8. The highest BCUT2D eigenvalue weighted by molar-refractivity contribution is 5.81. The normalized spacial score (nSPS) is 10.1. The van der Waals surface area contributed by atoms with Gasteiger partial charge in [-0.2, -0.15) is 0 Å². The molecule has 0 aliphatic carbocycles. The molecule has 0 saturated carbocycles. The van der Waals surface area contributed by atoms with Crippen LogP contribution in [-0.2, 0) is 0 Å². The SMILES string of the molecule is CCCOc1ccc(C=O)c(OCCC)c1C. The van der Waals surface area contributed by atoms with Crippen LogP contribution >= 0.6 is 0 Å². The quantitative estimate of drug-likeness (QED) is 0.681. The highest BCUT2D eigenvalue weighted by atomic mass is 16.5. The van der Waals surface area contributed by atoms with Crippen molar-refractivity contribution in [2.24, 2.45) is 0 Å². The Bertz CT molecular complexity index is 372. The van der Waals surface area contributed by atoms with E-state index in [9.17, 15) is 4.79 Å². The minimum absolute atomic E-state index is 0.583. The molecule has 0 atom stereocenters. The van der Waals surface area contributed by atoms with E-state index in [4.69, 9.17) is 9.47 Å². The summed E-state index contributed by atoms with van der Waals surface area (Å²) in [4.78, 5) is 10.9. The van der Waals surface area contributed by atoms with Crippen LogP contribution in [0.1, 0.15) is 42.6 Å². The van der Waals surface area contributed by atoms with E-state index in [-0.39, 0.29) is 0 Å². The van der Waals surface area contributed by atoms with Crippen molar-refractivity contribution in [3.8, 4) is 11.5 Å². The molecule has 1 rings (SSSR count). The van der Waals surface area contributed by atoms with Crippen LogP contribution in [0.2, 0.25) is 0 Å². The van der Waals surface area contributed by atoms with Crippen LogP contribution in [0, 0.1) is 6.92 Å². The number of rotatable bonds is 7. The van der Waals surface area contributed by atoms with Crippen molar-refractivity contribution in [3.05, 3.63) is 23.3 Å². The second kappa shape index (κ2) is 6.94. The molecule has 3 nitrogen and oxygen atoms in total. The second-order valence-electron chi connectivity index (χ2n) is 3.92. The van der Waals surface area contributed by atoms with E-state index in [1.807, 2.05) is 19.9 Å². The number of benzene rings is 1. The molecular formula is C14H20O3. The maximum Gasteiger partial charge on any atom is 0.153 e. The third-order valence-corrected chi connectivity index (χ3v) is 2.43. The molecule has 0 aromatic heterocycles. The molecular weight excluding hydrogens is 216 g/mol. The lowest BCUT2D eigenvalue weighted by atomic mass is 10.1. The fraction of sp³-hybridized carbons (Fsp3) is 0.500. The van der Waals surface area contributed by atoms with Crippen molar-refractivity contribution in [1.29, 1.82) is 0 Å². The van der Waals surface area contributed by atoms with Gasteiger partial charge in [0, 0.05) is 5.56 Å². The molecule has 94 valence electrons. The number of hydrogen-bond acceptors (Lipinski definition) is 3. The summed E-state index contributed by atoms with van der Waals surface area (Å²) in [5.74, 6) is 1.44. The molecule has 17 heavy (non-hydrogen) atoms. The lowest BCUT2D eigenvalue weighted by molar-refractivity contribution is 0.111. The summed E-state index contributed by atoms with van der Waals surface area (Å²) in [6.07, 6.45) is 2.69. The molecule has 1 aromatic rings. The van der Waals surface area contributed by atoms with Gasteiger partial charge in [0.25, 0.3) is 0 Å². The van der Waals surface area contributed by atoms with Gasteiger partial charge in [-0.25, -0.2) is 0 Å². The van der Waals surface area contributed by atoms with Crippen LogP contribution in [0.5, 0.6) is 11.5 Å². The summed E-state index contributed by atoms with van der Waals surface area (Å²) in [5.41, 5.74) is 1.48. The third kappa shape index (κ3) is 3.48. The Morgan fingerprint density at radius 1 is 1.12 bits per heavy atom. The summed E-state index contributed by atoms with van der Waals surface area (Å²) < 4.78 is 11.2. The molecule has 3 heteroatoms. The Morgan fingerprint density at radius 2 is 1.76 bits per heavy atom. The van der Waals surface area contributed by atoms with Gasteiger partial charge in [0.2, 0.25) is 0 Å². The summed E-state index contributed by atoms with van der Waals surface area (Å²) >= 11 is 0. The van der Waals surface area contributed by atoms with Gasteiger partial charge in [-0.3, -0.25) is 4.79 Å². The predicted octanol–water partition coefficient (Wildman–Crippen LogP) is 3.39. The summed E-state index contributed by atoms with van der Waals surface area (Å²) in [5, 5.41) is 0. The molecule has 0 unspecified atom stereocenters. The molecule has 0 amide bonds. The van der Waals surface area contributed by atoms with Gasteiger partial charge in [-0.1, -0.05) is 13.8 Å². The molecule has 0 fully saturated rings. The molecule has 0 aliphatic rings. The van der Waals surface area contributed by atoms with E-state index >= 15 is 0 Å². The second-order valence-corrected chi connectivity index (χ2v) is 3.92. The van der Waals surface area contributed by atoms with Gasteiger partial charge in [-0.05, 0) is 31.9 Å². The number of hydrogen-bond donors (Lipinski definition) is 0. The first-order chi connectivity index (χ1) is 8.24. The van der Waals surface area contributed by atoms with E-state index in [1.165, 1.54) is 0 Å². The molecule has 0 radical (unpaired) electrons. The predicted molar refractivity (Wildman–Crippen MR) is 68.1 cm³/mol. The summed E-state index contributed by atoms with van der Waals surface area (Å²) in [6.45, 7) is 7.30. The number of ether oxygens (including phenoxy) is 2. The lowest BCUT2D eigenvalue weighted by Crippen LogP contribution is -2.03. The maximum absolute atomic E-state index is 10.9. The van der Waals surface area contributed by atoms with E-state index in [1.54, 1.807) is 6.07 Å². The molecule has 0 N–H and O–H groups in total. The number of carbonyl (C=O) groups excluding carboxylic acids is 1. The molecule has 0 heterocycles. The van der Waals surface area contributed by atoms with Crippen LogP contribution < -0.4 is 9.47 Å². The topological polar surface area (TPSA) is 35.5 Å². The van der Waals surface area contributed by atoms with Crippen LogP contribution in [0.25, 0.3) is 0 Å². The Kier molecular flexibility index (Phi) is 5.53. The van der Waals surface area contributed by atoms with Crippen molar-refractivity contribution in [2.75, 3.05) is 13.2 Å². The van der Waals surface area contributed by atoms with E-state index < -0.39 is 0 Å². The average molecular weight is 236 g/mol. The fourth-order valence-electron chi connectivity index (χ4n) is 1.55. The lowest BCUT2D eigenvalue weighted by Gasteiger charge is -2.14. The summed E-state index contributed by atoms with van der Waals surface area (Å²) in [7, 11) is 0. The first-order valence-corrected chi connectivity index (χ1v) is 6.08. The van der Waals surface area contributed by atoms with Crippen molar-refractivity contribution >= 4 is 6.29 Å². The van der Waals surface area contributed by atoms with Crippen LogP contribution in [-0.4, -0.2) is 19.5 Å². The van der Waals surface area contributed by atoms with Gasteiger partial charge < -0.3 is 9.47 Å². The van der Waals surface area contributed by atoms with Crippen LogP contribution in [0.15, 0.2) is 12.1 Å². The Morgan fingerprint density at radius 3 is 2.35 bits per heavy atom. The van der Waals surface area contributed by atoms with Gasteiger partial charge in [-0.15, -0.1) is 0 Å². The van der Waals surface area contributed by atoms with E-state index in [0.29, 0.717) is 24.5 Å². The monoisotopic (exact) mass is 236 g/mol. The maximum atomic E-state index is 10.9. The van der Waals surface area contributed by atoms with Gasteiger partial charge >= 0.3 is 0 Å². The first-order valence-electron chi connectivity index (χ1n) is 6.08. The Labute approximate surface area is 103 Å². The fourth-order valence-corrected chi connectivity index (χ4v) is 1.55. The summed E-state index contributed by atoms with van der Waals surface area (Å²) in [6, 6.07) is 3.57. The standard InChI is InChI=1S/C14H20O3/c1-4-8-16-13-7-6-12(10-15)14(11(13)3)17-9-5-2/h6-7,10H,4-5,8-9H2,1-3H3. The zero-order valence-electron chi connectivity index (χ0n) is 10.8. The first kappa shape index (κ1) is 13.6. The highest BCUT2D eigenvalue weighted by Crippen LogP contribution is 2.31.